The minimum atomic E-state index is 0.155. The third kappa shape index (κ3) is 2.95. The lowest BCUT2D eigenvalue weighted by atomic mass is 10.1. The van der Waals surface area contributed by atoms with Crippen molar-refractivity contribution in [1.82, 2.24) is 9.78 Å². The topological polar surface area (TPSA) is 34.9 Å². The van der Waals surface area contributed by atoms with Gasteiger partial charge in [0, 0.05) is 21.0 Å². The molecule has 0 aliphatic rings. The van der Waals surface area contributed by atoms with Gasteiger partial charge in [-0.05, 0) is 38.8 Å². The Balaban J connectivity index is 2.23. The first-order chi connectivity index (χ1) is 9.05. The maximum Gasteiger partial charge on any atom is 0.185 e. The van der Waals surface area contributed by atoms with Crippen molar-refractivity contribution in [2.24, 2.45) is 0 Å². The average molecular weight is 276 g/mol. The van der Waals surface area contributed by atoms with Gasteiger partial charge >= 0.3 is 0 Å². The van der Waals surface area contributed by atoms with Gasteiger partial charge in [0.05, 0.1) is 5.69 Å². The Bertz CT molecular complexity index is 595. The molecule has 0 bridgehead atoms. The van der Waals surface area contributed by atoms with Crippen LogP contribution >= 0.6 is 11.3 Å². The predicted octanol–water partition coefficient (Wildman–Crippen LogP) is 3.57. The molecule has 2 aromatic heterocycles. The molecule has 19 heavy (non-hydrogen) atoms. The summed E-state index contributed by atoms with van der Waals surface area (Å²) in [6.07, 6.45) is 1.81. The Hall–Kier alpha value is -1.42. The fourth-order valence-corrected chi connectivity index (χ4v) is 3.18. The molecule has 0 aliphatic carbocycles. The fourth-order valence-electron chi connectivity index (χ4n) is 2.24. The molecule has 0 aromatic carbocycles. The lowest BCUT2D eigenvalue weighted by molar-refractivity contribution is 0.0966. The van der Waals surface area contributed by atoms with E-state index in [-0.39, 0.29) is 5.78 Å². The van der Waals surface area contributed by atoms with Gasteiger partial charge < -0.3 is 0 Å². The molecule has 2 rings (SSSR count). The first-order valence-electron chi connectivity index (χ1n) is 6.71. The van der Waals surface area contributed by atoms with E-state index in [4.69, 9.17) is 0 Å². The molecule has 0 atom stereocenters. The second-order valence-electron chi connectivity index (χ2n) is 4.74. The SMILES string of the molecule is CCc1cc(CC)n(CC(=O)c2cc(C)sc2C)n1. The highest BCUT2D eigenvalue weighted by molar-refractivity contribution is 7.12. The highest BCUT2D eigenvalue weighted by Crippen LogP contribution is 2.21. The molecule has 0 unspecified atom stereocenters. The van der Waals surface area contributed by atoms with Gasteiger partial charge in [-0.25, -0.2) is 0 Å². The third-order valence-corrected chi connectivity index (χ3v) is 4.24. The van der Waals surface area contributed by atoms with Gasteiger partial charge in [0.2, 0.25) is 0 Å². The first-order valence-corrected chi connectivity index (χ1v) is 7.52. The zero-order valence-corrected chi connectivity index (χ0v) is 12.8. The number of hydrogen-bond donors (Lipinski definition) is 0. The van der Waals surface area contributed by atoms with Crippen LogP contribution in [0.15, 0.2) is 12.1 Å². The molecule has 2 heterocycles. The van der Waals surface area contributed by atoms with Crippen LogP contribution in [0.5, 0.6) is 0 Å². The minimum absolute atomic E-state index is 0.155. The molecule has 0 fully saturated rings. The van der Waals surface area contributed by atoms with Crippen molar-refractivity contribution in [1.29, 1.82) is 0 Å². The molecule has 0 spiro atoms. The lowest BCUT2D eigenvalue weighted by Gasteiger charge is -2.04. The number of aryl methyl sites for hydroxylation is 4. The van der Waals surface area contributed by atoms with Crippen molar-refractivity contribution in [2.45, 2.75) is 47.1 Å². The van der Waals surface area contributed by atoms with E-state index in [1.165, 1.54) is 4.88 Å². The summed E-state index contributed by atoms with van der Waals surface area (Å²) in [5.41, 5.74) is 3.04. The van der Waals surface area contributed by atoms with Crippen LogP contribution in [0.3, 0.4) is 0 Å². The molecule has 0 amide bonds. The van der Waals surface area contributed by atoms with Crippen LogP contribution < -0.4 is 0 Å². The van der Waals surface area contributed by atoms with Gasteiger partial charge in [-0.15, -0.1) is 11.3 Å². The summed E-state index contributed by atoms with van der Waals surface area (Å²) in [6.45, 7) is 8.57. The summed E-state index contributed by atoms with van der Waals surface area (Å²) in [7, 11) is 0. The van der Waals surface area contributed by atoms with Gasteiger partial charge in [0.15, 0.2) is 5.78 Å². The van der Waals surface area contributed by atoms with Gasteiger partial charge in [0.25, 0.3) is 0 Å². The molecule has 0 aliphatic heterocycles. The average Bonchev–Trinajstić information content (AvgIpc) is 2.92. The summed E-state index contributed by atoms with van der Waals surface area (Å²) in [6, 6.07) is 4.08. The van der Waals surface area contributed by atoms with E-state index in [0.717, 1.165) is 34.7 Å². The van der Waals surface area contributed by atoms with Crippen molar-refractivity contribution < 1.29 is 4.79 Å². The number of Topliss-reactive ketones (excluding diaryl/α,β-unsaturated/α-hetero) is 1. The molecule has 102 valence electrons. The van der Waals surface area contributed by atoms with Crippen LogP contribution in [0.4, 0.5) is 0 Å². The Kier molecular flexibility index (Phi) is 4.20. The maximum absolute atomic E-state index is 12.4. The van der Waals surface area contributed by atoms with Gasteiger partial charge in [-0.1, -0.05) is 13.8 Å². The summed E-state index contributed by atoms with van der Waals surface area (Å²) in [5, 5.41) is 4.50. The second kappa shape index (κ2) is 5.70. The van der Waals surface area contributed by atoms with E-state index in [0.29, 0.717) is 6.54 Å². The molecule has 4 heteroatoms. The van der Waals surface area contributed by atoms with Crippen LogP contribution in [0.1, 0.15) is 45.3 Å². The van der Waals surface area contributed by atoms with Crippen molar-refractivity contribution in [2.75, 3.05) is 0 Å². The number of carbonyl (C=O) groups excluding carboxylic acids is 1. The molecule has 0 saturated heterocycles. The number of nitrogens with zero attached hydrogens (tertiary/aromatic N) is 2. The standard InChI is InChI=1S/C15H20N2OS/c1-5-12-8-13(6-2)17(16-12)9-15(18)14-7-10(3)19-11(14)4/h7-8H,5-6,9H2,1-4H3. The van der Waals surface area contributed by atoms with Gasteiger partial charge in [0.1, 0.15) is 6.54 Å². The number of thiophene rings is 1. The third-order valence-electron chi connectivity index (χ3n) is 3.27. The molecule has 0 saturated carbocycles. The molecule has 3 nitrogen and oxygen atoms in total. The monoisotopic (exact) mass is 276 g/mol. The van der Waals surface area contributed by atoms with E-state index in [9.17, 15) is 4.79 Å². The number of aromatic nitrogens is 2. The number of ketones is 1. The van der Waals surface area contributed by atoms with Crippen LogP contribution in [0.2, 0.25) is 0 Å². The van der Waals surface area contributed by atoms with E-state index in [1.807, 2.05) is 24.6 Å². The summed E-state index contributed by atoms with van der Waals surface area (Å²) < 4.78 is 1.85. The van der Waals surface area contributed by atoms with E-state index >= 15 is 0 Å². The van der Waals surface area contributed by atoms with Crippen LogP contribution in [-0.4, -0.2) is 15.6 Å². The smallest absolute Gasteiger partial charge is 0.185 e. The van der Waals surface area contributed by atoms with Crippen LogP contribution in [0.25, 0.3) is 0 Å². The highest BCUT2D eigenvalue weighted by atomic mass is 32.1. The van der Waals surface area contributed by atoms with Crippen LogP contribution in [-0.2, 0) is 19.4 Å². The predicted molar refractivity (Wildman–Crippen MR) is 79.1 cm³/mol. The summed E-state index contributed by atoms with van der Waals surface area (Å²) >= 11 is 1.68. The molecule has 0 radical (unpaired) electrons. The number of rotatable bonds is 5. The fraction of sp³-hybridized carbons (Fsp3) is 0.467. The van der Waals surface area contributed by atoms with E-state index in [2.05, 4.69) is 25.0 Å². The maximum atomic E-state index is 12.4. The van der Waals surface area contributed by atoms with Crippen molar-refractivity contribution in [3.05, 3.63) is 38.8 Å². The van der Waals surface area contributed by atoms with Gasteiger partial charge in [-0.3, -0.25) is 9.48 Å². The Labute approximate surface area is 118 Å². The Morgan fingerprint density at radius 2 is 2.00 bits per heavy atom. The van der Waals surface area contributed by atoms with E-state index < -0.39 is 0 Å². The summed E-state index contributed by atoms with van der Waals surface area (Å²) in [4.78, 5) is 14.6. The Morgan fingerprint density at radius 1 is 1.26 bits per heavy atom. The Morgan fingerprint density at radius 3 is 2.53 bits per heavy atom. The summed E-state index contributed by atoms with van der Waals surface area (Å²) in [5.74, 6) is 0.155. The molecular weight excluding hydrogens is 256 g/mol. The molecule has 2 aromatic rings. The molecular formula is C15H20N2OS. The number of carbonyl (C=O) groups is 1. The quantitative estimate of drug-likeness (QED) is 0.783. The largest absolute Gasteiger partial charge is 0.292 e. The lowest BCUT2D eigenvalue weighted by Crippen LogP contribution is -2.14. The minimum Gasteiger partial charge on any atom is -0.292 e. The zero-order valence-electron chi connectivity index (χ0n) is 12.0. The highest BCUT2D eigenvalue weighted by Gasteiger charge is 2.15. The van der Waals surface area contributed by atoms with Crippen LogP contribution in [0, 0.1) is 13.8 Å². The van der Waals surface area contributed by atoms with Gasteiger partial charge in [-0.2, -0.15) is 5.10 Å². The van der Waals surface area contributed by atoms with Crippen molar-refractivity contribution in [3.63, 3.8) is 0 Å². The van der Waals surface area contributed by atoms with Crippen molar-refractivity contribution >= 4 is 17.1 Å². The first kappa shape index (κ1) is 14.0. The zero-order chi connectivity index (χ0) is 14.0. The van der Waals surface area contributed by atoms with E-state index in [1.54, 1.807) is 11.3 Å². The normalized spacial score (nSPS) is 10.9. The van der Waals surface area contributed by atoms with Crippen molar-refractivity contribution in [3.8, 4) is 0 Å². The molecule has 0 N–H and O–H groups in total. The number of hydrogen-bond acceptors (Lipinski definition) is 3. The second-order valence-corrected chi connectivity index (χ2v) is 6.20.